The molecule has 0 radical (unpaired) electrons. The van der Waals surface area contributed by atoms with E-state index in [1.807, 2.05) is 12.1 Å². The predicted molar refractivity (Wildman–Crippen MR) is 83.8 cm³/mol. The number of phenolic OH excluding ortho intramolecular Hbond substituents is 1. The summed E-state index contributed by atoms with van der Waals surface area (Å²) in [6.45, 7) is 6.68. The van der Waals surface area contributed by atoms with Crippen LogP contribution in [0.3, 0.4) is 0 Å². The highest BCUT2D eigenvalue weighted by atomic mass is 16.5. The second-order valence-electron chi connectivity index (χ2n) is 5.33. The van der Waals surface area contributed by atoms with Crippen molar-refractivity contribution in [3.05, 3.63) is 30.5 Å². The minimum absolute atomic E-state index is 0.174. The number of likely N-dealkylation sites (N-methyl/N-ethyl adjacent to an activating group) is 1. The van der Waals surface area contributed by atoms with E-state index in [-0.39, 0.29) is 11.9 Å². The van der Waals surface area contributed by atoms with E-state index in [4.69, 9.17) is 4.74 Å². The molecule has 0 saturated carbocycles. The van der Waals surface area contributed by atoms with E-state index < -0.39 is 0 Å². The van der Waals surface area contributed by atoms with Crippen molar-refractivity contribution in [3.8, 4) is 5.75 Å². The zero-order valence-electron chi connectivity index (χ0n) is 12.2. The maximum Gasteiger partial charge on any atom is 0.134 e. The summed E-state index contributed by atoms with van der Waals surface area (Å²) in [7, 11) is 0. The molecule has 0 spiro atoms. The molecule has 0 bridgehead atoms. The van der Waals surface area contributed by atoms with E-state index in [1.165, 1.54) is 0 Å². The Kier molecular flexibility index (Phi) is 4.22. The van der Waals surface area contributed by atoms with Gasteiger partial charge in [-0.1, -0.05) is 13.0 Å². The average molecular weight is 287 g/mol. The highest BCUT2D eigenvalue weighted by Crippen LogP contribution is 2.25. The van der Waals surface area contributed by atoms with Crippen molar-refractivity contribution in [1.29, 1.82) is 0 Å². The van der Waals surface area contributed by atoms with E-state index in [2.05, 4.69) is 22.1 Å². The van der Waals surface area contributed by atoms with Crippen LogP contribution in [-0.2, 0) is 4.74 Å². The van der Waals surface area contributed by atoms with Gasteiger partial charge >= 0.3 is 0 Å². The number of morpholine rings is 1. The van der Waals surface area contributed by atoms with Crippen LogP contribution in [0.5, 0.6) is 5.75 Å². The standard InChI is InChI=1S/C16H21N3O2/c1-2-19-7-8-21-14(11-19)10-18-16-15-9-13(20)4-3-12(15)5-6-17-16/h3-6,9,14,20H,2,7-8,10-11H2,1H3,(H,17,18). The van der Waals surface area contributed by atoms with Crippen LogP contribution >= 0.6 is 0 Å². The Bertz CT molecular complexity index is 617. The predicted octanol–water partition coefficient (Wildman–Crippen LogP) is 2.07. The van der Waals surface area contributed by atoms with Gasteiger partial charge in [-0.15, -0.1) is 0 Å². The van der Waals surface area contributed by atoms with E-state index >= 15 is 0 Å². The topological polar surface area (TPSA) is 57.6 Å². The van der Waals surface area contributed by atoms with Crippen molar-refractivity contribution in [2.24, 2.45) is 0 Å². The molecule has 1 fully saturated rings. The van der Waals surface area contributed by atoms with Crippen molar-refractivity contribution in [1.82, 2.24) is 9.88 Å². The number of pyridine rings is 1. The Morgan fingerprint density at radius 1 is 1.43 bits per heavy atom. The van der Waals surface area contributed by atoms with Gasteiger partial charge in [0.25, 0.3) is 0 Å². The SMILES string of the molecule is CCN1CCOC(CNc2nccc3ccc(O)cc23)C1. The summed E-state index contributed by atoms with van der Waals surface area (Å²) in [6.07, 6.45) is 1.95. The van der Waals surface area contributed by atoms with E-state index in [9.17, 15) is 5.11 Å². The second-order valence-corrected chi connectivity index (χ2v) is 5.33. The second kappa shape index (κ2) is 6.28. The smallest absolute Gasteiger partial charge is 0.134 e. The van der Waals surface area contributed by atoms with Gasteiger partial charge < -0.3 is 15.2 Å². The molecule has 1 aromatic heterocycles. The van der Waals surface area contributed by atoms with Gasteiger partial charge in [0.1, 0.15) is 11.6 Å². The number of hydrogen-bond donors (Lipinski definition) is 2. The summed E-state index contributed by atoms with van der Waals surface area (Å²) in [5.41, 5.74) is 0. The number of aromatic hydroxyl groups is 1. The zero-order valence-corrected chi connectivity index (χ0v) is 12.2. The Morgan fingerprint density at radius 3 is 3.19 bits per heavy atom. The van der Waals surface area contributed by atoms with Gasteiger partial charge in [-0.3, -0.25) is 4.90 Å². The van der Waals surface area contributed by atoms with Crippen LogP contribution in [0.15, 0.2) is 30.5 Å². The number of nitrogens with one attached hydrogen (secondary N) is 1. The number of benzene rings is 1. The summed E-state index contributed by atoms with van der Waals surface area (Å²) < 4.78 is 5.79. The van der Waals surface area contributed by atoms with Gasteiger partial charge in [0, 0.05) is 31.2 Å². The average Bonchev–Trinajstić information content (AvgIpc) is 2.53. The first-order chi connectivity index (χ1) is 10.3. The molecule has 3 rings (SSSR count). The van der Waals surface area contributed by atoms with Crippen molar-refractivity contribution in [2.45, 2.75) is 13.0 Å². The summed E-state index contributed by atoms with van der Waals surface area (Å²) in [5, 5.41) is 15.0. The number of nitrogens with zero attached hydrogens (tertiary/aromatic N) is 2. The normalized spacial score (nSPS) is 19.8. The molecule has 1 aliphatic rings. The monoisotopic (exact) mass is 287 g/mol. The minimum Gasteiger partial charge on any atom is -0.508 e. The highest BCUT2D eigenvalue weighted by Gasteiger charge is 2.19. The Balaban J connectivity index is 1.71. The molecule has 0 amide bonds. The lowest BCUT2D eigenvalue weighted by molar-refractivity contribution is -0.0192. The Labute approximate surface area is 124 Å². The maximum absolute atomic E-state index is 9.65. The van der Waals surface area contributed by atoms with E-state index in [0.717, 1.165) is 49.4 Å². The largest absolute Gasteiger partial charge is 0.508 e. The zero-order chi connectivity index (χ0) is 14.7. The number of rotatable bonds is 4. The molecule has 21 heavy (non-hydrogen) atoms. The van der Waals surface area contributed by atoms with Crippen molar-refractivity contribution in [2.75, 3.05) is 38.1 Å². The third kappa shape index (κ3) is 3.25. The summed E-state index contributed by atoms with van der Waals surface area (Å²) in [4.78, 5) is 6.77. The molecule has 5 heteroatoms. The molecule has 2 heterocycles. The van der Waals surface area contributed by atoms with Gasteiger partial charge in [-0.25, -0.2) is 4.98 Å². The third-order valence-corrected chi connectivity index (χ3v) is 3.92. The van der Waals surface area contributed by atoms with Gasteiger partial charge in [0.05, 0.1) is 12.7 Å². The fraction of sp³-hybridized carbons (Fsp3) is 0.438. The number of fused-ring (bicyclic) bond motifs is 1. The molecule has 2 aromatic rings. The van der Waals surface area contributed by atoms with Crippen LogP contribution in [0.4, 0.5) is 5.82 Å². The molecule has 1 atom stereocenters. The first kappa shape index (κ1) is 14.1. The minimum atomic E-state index is 0.174. The van der Waals surface area contributed by atoms with Crippen LogP contribution < -0.4 is 5.32 Å². The van der Waals surface area contributed by atoms with Crippen LogP contribution in [-0.4, -0.2) is 53.9 Å². The van der Waals surface area contributed by atoms with E-state index in [0.29, 0.717) is 0 Å². The molecule has 1 saturated heterocycles. The molecule has 1 aliphatic heterocycles. The highest BCUT2D eigenvalue weighted by molar-refractivity contribution is 5.92. The lowest BCUT2D eigenvalue weighted by atomic mass is 10.1. The summed E-state index contributed by atoms with van der Waals surface area (Å²) in [6, 6.07) is 7.27. The van der Waals surface area contributed by atoms with Crippen LogP contribution in [0, 0.1) is 0 Å². The fourth-order valence-electron chi connectivity index (χ4n) is 2.70. The number of hydrogen-bond acceptors (Lipinski definition) is 5. The molecule has 0 aliphatic carbocycles. The van der Waals surface area contributed by atoms with Crippen LogP contribution in [0.25, 0.3) is 10.8 Å². The first-order valence-electron chi connectivity index (χ1n) is 7.42. The molecular weight excluding hydrogens is 266 g/mol. The summed E-state index contributed by atoms with van der Waals surface area (Å²) >= 11 is 0. The quantitative estimate of drug-likeness (QED) is 0.901. The molecule has 5 nitrogen and oxygen atoms in total. The molecule has 1 aromatic carbocycles. The van der Waals surface area contributed by atoms with E-state index in [1.54, 1.807) is 18.3 Å². The third-order valence-electron chi connectivity index (χ3n) is 3.92. The number of aromatic nitrogens is 1. The molecule has 112 valence electrons. The van der Waals surface area contributed by atoms with Crippen LogP contribution in [0.1, 0.15) is 6.92 Å². The fourth-order valence-corrected chi connectivity index (χ4v) is 2.70. The van der Waals surface area contributed by atoms with Gasteiger partial charge in [-0.2, -0.15) is 0 Å². The van der Waals surface area contributed by atoms with Gasteiger partial charge in [-0.05, 0) is 30.1 Å². The molecule has 2 N–H and O–H groups in total. The number of ether oxygens (including phenoxy) is 1. The lowest BCUT2D eigenvalue weighted by Gasteiger charge is -2.32. The van der Waals surface area contributed by atoms with Crippen LogP contribution in [0.2, 0.25) is 0 Å². The molecular formula is C16H21N3O2. The lowest BCUT2D eigenvalue weighted by Crippen LogP contribution is -2.45. The number of anilines is 1. The van der Waals surface area contributed by atoms with Gasteiger partial charge in [0.2, 0.25) is 0 Å². The van der Waals surface area contributed by atoms with Crippen molar-refractivity contribution >= 4 is 16.6 Å². The maximum atomic E-state index is 9.65. The Morgan fingerprint density at radius 2 is 2.33 bits per heavy atom. The summed E-state index contributed by atoms with van der Waals surface area (Å²) in [5.74, 6) is 1.05. The first-order valence-corrected chi connectivity index (χ1v) is 7.42. The Hall–Kier alpha value is -1.85. The molecule has 1 unspecified atom stereocenters. The van der Waals surface area contributed by atoms with Gasteiger partial charge in [0.15, 0.2) is 0 Å². The number of phenols is 1. The van der Waals surface area contributed by atoms with Crippen molar-refractivity contribution < 1.29 is 9.84 Å². The van der Waals surface area contributed by atoms with Crippen molar-refractivity contribution in [3.63, 3.8) is 0 Å².